The Morgan fingerprint density at radius 2 is 1.94 bits per heavy atom. The van der Waals surface area contributed by atoms with Gasteiger partial charge in [-0.25, -0.2) is 9.78 Å². The molecule has 35 heavy (non-hydrogen) atoms. The van der Waals surface area contributed by atoms with Crippen LogP contribution in [0.5, 0.6) is 0 Å². The van der Waals surface area contributed by atoms with Gasteiger partial charge in [-0.15, -0.1) is 0 Å². The predicted molar refractivity (Wildman–Crippen MR) is 132 cm³/mol. The van der Waals surface area contributed by atoms with Gasteiger partial charge in [-0.05, 0) is 37.6 Å². The quantitative estimate of drug-likeness (QED) is 0.372. The summed E-state index contributed by atoms with van der Waals surface area (Å²) in [4.78, 5) is 33.4. The van der Waals surface area contributed by atoms with E-state index in [9.17, 15) is 9.59 Å². The zero-order chi connectivity index (χ0) is 23.9. The summed E-state index contributed by atoms with van der Waals surface area (Å²) in [5, 5.41) is 12.8. The Balaban J connectivity index is 1.36. The zero-order valence-corrected chi connectivity index (χ0v) is 19.6. The van der Waals surface area contributed by atoms with E-state index in [1.807, 2.05) is 6.07 Å². The molecule has 180 valence electrons. The van der Waals surface area contributed by atoms with Crippen molar-refractivity contribution in [1.82, 2.24) is 35.0 Å². The van der Waals surface area contributed by atoms with Gasteiger partial charge in [0.15, 0.2) is 5.65 Å². The van der Waals surface area contributed by atoms with Gasteiger partial charge >= 0.3 is 6.03 Å². The van der Waals surface area contributed by atoms with E-state index in [2.05, 4.69) is 62.2 Å². The second kappa shape index (κ2) is 8.79. The Bertz CT molecular complexity index is 1330. The number of likely N-dealkylation sites (N-methyl/N-ethyl adjacent to an activating group) is 1. The molecule has 3 aliphatic rings. The van der Waals surface area contributed by atoms with Crippen LogP contribution in [0.2, 0.25) is 0 Å². The third-order valence-electron chi connectivity index (χ3n) is 6.67. The van der Waals surface area contributed by atoms with Crippen molar-refractivity contribution < 1.29 is 9.59 Å². The van der Waals surface area contributed by atoms with E-state index >= 15 is 0 Å². The number of carbonyl (C=O) groups is 2. The lowest BCUT2D eigenvalue weighted by molar-refractivity contribution is -0.115. The molecule has 10 nitrogen and oxygen atoms in total. The Kier molecular flexibility index (Phi) is 5.46. The number of nitrogens with zero attached hydrogens (tertiary/aromatic N) is 5. The molecule has 2 saturated heterocycles. The number of fused-ring (bicyclic) bond motifs is 1. The number of carbonyl (C=O) groups excluding carboxylic acids is 2. The molecular formula is C25H28N8O2. The molecular weight excluding hydrogens is 444 g/mol. The van der Waals surface area contributed by atoms with E-state index < -0.39 is 11.9 Å². The van der Waals surface area contributed by atoms with Crippen LogP contribution in [0.25, 0.3) is 23.0 Å². The van der Waals surface area contributed by atoms with Crippen LogP contribution in [-0.4, -0.2) is 75.6 Å². The molecule has 3 N–H and O–H groups in total. The molecule has 0 bridgehead atoms. The second-order valence-corrected chi connectivity index (χ2v) is 9.53. The first-order chi connectivity index (χ1) is 17.0. The summed E-state index contributed by atoms with van der Waals surface area (Å²) in [5.41, 5.74) is 4.59. The average molecular weight is 473 g/mol. The summed E-state index contributed by atoms with van der Waals surface area (Å²) in [7, 11) is 2.17. The van der Waals surface area contributed by atoms with E-state index in [4.69, 9.17) is 4.98 Å². The summed E-state index contributed by atoms with van der Waals surface area (Å²) in [6, 6.07) is 10.5. The van der Waals surface area contributed by atoms with Gasteiger partial charge in [-0.2, -0.15) is 9.61 Å². The lowest BCUT2D eigenvalue weighted by atomic mass is 10.1. The summed E-state index contributed by atoms with van der Waals surface area (Å²) < 4.78 is 1.76. The number of anilines is 1. The summed E-state index contributed by atoms with van der Waals surface area (Å²) in [6.45, 7) is 5.23. The van der Waals surface area contributed by atoms with E-state index in [1.54, 1.807) is 16.8 Å². The molecule has 1 aromatic carbocycles. The maximum absolute atomic E-state index is 12.0. The van der Waals surface area contributed by atoms with Crippen molar-refractivity contribution >= 4 is 29.5 Å². The van der Waals surface area contributed by atoms with E-state index in [1.165, 1.54) is 5.56 Å². The van der Waals surface area contributed by atoms with E-state index in [-0.39, 0.29) is 5.70 Å². The fourth-order valence-electron chi connectivity index (χ4n) is 4.50. The fraction of sp³-hybridized carbons (Fsp3) is 0.360. The number of rotatable bonds is 6. The maximum Gasteiger partial charge on any atom is 0.326 e. The lowest BCUT2D eigenvalue weighted by Crippen LogP contribution is -2.43. The van der Waals surface area contributed by atoms with Crippen molar-refractivity contribution in [2.75, 3.05) is 38.5 Å². The summed E-state index contributed by atoms with van der Waals surface area (Å²) in [5.74, 6) is 0.403. The highest BCUT2D eigenvalue weighted by atomic mass is 16.2. The average Bonchev–Trinajstić information content (AvgIpc) is 3.48. The number of urea groups is 1. The van der Waals surface area contributed by atoms with Crippen molar-refractivity contribution in [3.05, 3.63) is 53.4 Å². The topological polar surface area (TPSA) is 107 Å². The Hall–Kier alpha value is -3.76. The molecule has 0 atom stereocenters. The number of hydrogen-bond acceptors (Lipinski definition) is 7. The van der Waals surface area contributed by atoms with Crippen LogP contribution < -0.4 is 16.0 Å². The van der Waals surface area contributed by atoms with Gasteiger partial charge in [0.25, 0.3) is 5.91 Å². The van der Waals surface area contributed by atoms with Gasteiger partial charge in [0.2, 0.25) is 0 Å². The zero-order valence-electron chi connectivity index (χ0n) is 19.6. The highest BCUT2D eigenvalue weighted by molar-refractivity contribution is 6.14. The van der Waals surface area contributed by atoms with Crippen LogP contribution in [-0.2, 0) is 11.3 Å². The van der Waals surface area contributed by atoms with Crippen molar-refractivity contribution in [3.8, 4) is 11.3 Å². The molecule has 0 radical (unpaired) electrons. The number of imide groups is 1. The first-order valence-corrected chi connectivity index (χ1v) is 12.0. The van der Waals surface area contributed by atoms with Gasteiger partial charge < -0.3 is 15.5 Å². The molecule has 0 spiro atoms. The van der Waals surface area contributed by atoms with Gasteiger partial charge in [-0.3, -0.25) is 15.0 Å². The molecule has 3 fully saturated rings. The first kappa shape index (κ1) is 21.8. The summed E-state index contributed by atoms with van der Waals surface area (Å²) in [6.07, 6.45) is 5.54. The fourth-order valence-corrected chi connectivity index (χ4v) is 4.50. The molecule has 6 rings (SSSR count). The normalized spacial score (nSPS) is 20.4. The maximum atomic E-state index is 12.0. The third-order valence-corrected chi connectivity index (χ3v) is 6.67. The molecule has 1 saturated carbocycles. The Morgan fingerprint density at radius 3 is 2.69 bits per heavy atom. The third kappa shape index (κ3) is 4.62. The molecule has 3 amide bonds. The monoisotopic (exact) mass is 472 g/mol. The largest absolute Gasteiger partial charge is 0.367 e. The number of piperazine rings is 1. The molecule has 0 unspecified atom stereocenters. The van der Waals surface area contributed by atoms with Gasteiger partial charge in [-0.1, -0.05) is 18.2 Å². The number of benzene rings is 1. The molecule has 2 aliphatic heterocycles. The highest BCUT2D eigenvalue weighted by Gasteiger charge is 2.25. The lowest BCUT2D eigenvalue weighted by Gasteiger charge is -2.32. The minimum absolute atomic E-state index is 0.183. The number of nitrogens with one attached hydrogen (secondary N) is 3. The highest BCUT2D eigenvalue weighted by Crippen LogP contribution is 2.29. The molecule has 1 aliphatic carbocycles. The van der Waals surface area contributed by atoms with Crippen LogP contribution in [0.4, 0.5) is 10.6 Å². The van der Waals surface area contributed by atoms with Crippen LogP contribution >= 0.6 is 0 Å². The number of amides is 3. The van der Waals surface area contributed by atoms with Crippen molar-refractivity contribution in [3.63, 3.8) is 0 Å². The van der Waals surface area contributed by atoms with Crippen molar-refractivity contribution in [2.24, 2.45) is 0 Å². The standard InChI is InChI=1S/C25H28N8O2/c1-31-7-9-32(10-8-31)15-16-3-2-4-17(11-16)20-13-22(27-19-5-6-19)33-23(28-20)18(14-26-33)12-21-24(34)30-25(35)29-21/h2-4,11-14,19,27H,5-10,15H2,1H3,(H2,29,30,34,35). The van der Waals surface area contributed by atoms with Crippen LogP contribution in [0.1, 0.15) is 24.0 Å². The Labute approximate surface area is 203 Å². The second-order valence-electron chi connectivity index (χ2n) is 9.53. The SMILES string of the molecule is CN1CCN(Cc2cccc(-c3cc(NC4CC4)n4ncc(C=C5NC(=O)NC5=O)c4n3)c2)CC1. The molecule has 3 aromatic rings. The smallest absolute Gasteiger partial charge is 0.326 e. The number of aromatic nitrogens is 3. The van der Waals surface area contributed by atoms with Gasteiger partial charge in [0.1, 0.15) is 11.5 Å². The number of hydrogen-bond donors (Lipinski definition) is 3. The van der Waals surface area contributed by atoms with Gasteiger partial charge in [0, 0.05) is 56.0 Å². The van der Waals surface area contributed by atoms with Crippen LogP contribution in [0, 0.1) is 0 Å². The molecule has 10 heteroatoms. The van der Waals surface area contributed by atoms with E-state index in [0.29, 0.717) is 17.3 Å². The first-order valence-electron chi connectivity index (χ1n) is 12.0. The van der Waals surface area contributed by atoms with Crippen molar-refractivity contribution in [1.29, 1.82) is 0 Å². The predicted octanol–water partition coefficient (Wildman–Crippen LogP) is 1.90. The molecule has 4 heterocycles. The minimum Gasteiger partial charge on any atom is -0.367 e. The molecule has 2 aromatic heterocycles. The summed E-state index contributed by atoms with van der Waals surface area (Å²) >= 11 is 0. The van der Waals surface area contributed by atoms with E-state index in [0.717, 1.165) is 62.6 Å². The van der Waals surface area contributed by atoms with Crippen LogP contribution in [0.3, 0.4) is 0 Å². The minimum atomic E-state index is -0.528. The van der Waals surface area contributed by atoms with Crippen LogP contribution in [0.15, 0.2) is 42.2 Å². The van der Waals surface area contributed by atoms with Crippen molar-refractivity contribution in [2.45, 2.75) is 25.4 Å². The van der Waals surface area contributed by atoms with Gasteiger partial charge in [0.05, 0.1) is 11.9 Å². The Morgan fingerprint density at radius 1 is 1.11 bits per heavy atom.